The summed E-state index contributed by atoms with van der Waals surface area (Å²) < 4.78 is 32.8. The van der Waals surface area contributed by atoms with Crippen molar-refractivity contribution in [3.8, 4) is 5.75 Å². The Kier molecular flexibility index (Phi) is 7.63. The van der Waals surface area contributed by atoms with Gasteiger partial charge in [0.2, 0.25) is 15.9 Å². The van der Waals surface area contributed by atoms with Crippen LogP contribution in [0.4, 0.5) is 5.69 Å². The average Bonchev–Trinajstić information content (AvgIpc) is 2.76. The fourth-order valence-corrected chi connectivity index (χ4v) is 5.34. The van der Waals surface area contributed by atoms with E-state index < -0.39 is 10.0 Å². The summed E-state index contributed by atoms with van der Waals surface area (Å²) in [6.45, 7) is 1.07. The molecule has 1 heterocycles. The Bertz CT molecular complexity index is 1020. The van der Waals surface area contributed by atoms with Crippen LogP contribution in [0.25, 0.3) is 0 Å². The number of halogens is 2. The minimum absolute atomic E-state index is 0.131. The SMILES string of the molecule is COc1ccc(S(=O)(=O)N2CCCCC2)cc1CCC(=O)Nc1cccc(Cl)c1Cl. The van der Waals surface area contributed by atoms with Gasteiger partial charge in [-0.15, -0.1) is 0 Å². The number of carbonyl (C=O) groups excluding carboxylic acids is 1. The van der Waals surface area contributed by atoms with E-state index in [1.165, 1.54) is 11.4 Å². The zero-order valence-electron chi connectivity index (χ0n) is 16.7. The Morgan fingerprint density at radius 1 is 1.13 bits per heavy atom. The van der Waals surface area contributed by atoms with E-state index in [0.29, 0.717) is 41.5 Å². The molecule has 30 heavy (non-hydrogen) atoms. The van der Waals surface area contributed by atoms with Crippen molar-refractivity contribution in [1.82, 2.24) is 4.31 Å². The molecule has 1 saturated heterocycles. The second-order valence-corrected chi connectivity index (χ2v) is 9.81. The van der Waals surface area contributed by atoms with Crippen molar-refractivity contribution in [1.29, 1.82) is 0 Å². The first-order chi connectivity index (χ1) is 14.3. The molecule has 1 amide bonds. The normalized spacial score (nSPS) is 15.0. The first-order valence-corrected chi connectivity index (χ1v) is 11.9. The summed E-state index contributed by atoms with van der Waals surface area (Å²) >= 11 is 12.1. The summed E-state index contributed by atoms with van der Waals surface area (Å²) in [7, 11) is -2.04. The zero-order chi connectivity index (χ0) is 21.7. The molecule has 0 unspecified atom stereocenters. The average molecular weight is 471 g/mol. The molecule has 0 aromatic heterocycles. The van der Waals surface area contributed by atoms with Gasteiger partial charge in [0.15, 0.2) is 0 Å². The summed E-state index contributed by atoms with van der Waals surface area (Å²) in [5.41, 5.74) is 1.09. The summed E-state index contributed by atoms with van der Waals surface area (Å²) in [4.78, 5) is 12.6. The lowest BCUT2D eigenvalue weighted by Crippen LogP contribution is -2.35. The predicted octanol–water partition coefficient (Wildman–Crippen LogP) is 4.75. The number of methoxy groups -OCH3 is 1. The van der Waals surface area contributed by atoms with E-state index in [1.807, 2.05) is 0 Å². The van der Waals surface area contributed by atoms with E-state index in [9.17, 15) is 13.2 Å². The van der Waals surface area contributed by atoms with Crippen LogP contribution in [0, 0.1) is 0 Å². The van der Waals surface area contributed by atoms with Gasteiger partial charge >= 0.3 is 0 Å². The molecule has 1 fully saturated rings. The smallest absolute Gasteiger partial charge is 0.243 e. The Balaban J connectivity index is 1.74. The van der Waals surface area contributed by atoms with Gasteiger partial charge in [-0.1, -0.05) is 35.7 Å². The molecule has 2 aromatic carbocycles. The van der Waals surface area contributed by atoms with Crippen LogP contribution in [0.1, 0.15) is 31.2 Å². The number of benzene rings is 2. The Hall–Kier alpha value is -1.80. The van der Waals surface area contributed by atoms with Crippen LogP contribution in [0.2, 0.25) is 10.0 Å². The van der Waals surface area contributed by atoms with Crippen molar-refractivity contribution in [3.05, 3.63) is 52.0 Å². The van der Waals surface area contributed by atoms with Crippen LogP contribution >= 0.6 is 23.2 Å². The van der Waals surface area contributed by atoms with Gasteiger partial charge in [0.25, 0.3) is 0 Å². The molecule has 2 aromatic rings. The molecule has 1 N–H and O–H groups in total. The van der Waals surface area contributed by atoms with E-state index in [0.717, 1.165) is 19.3 Å². The topological polar surface area (TPSA) is 75.7 Å². The Morgan fingerprint density at radius 2 is 1.87 bits per heavy atom. The third-order valence-electron chi connectivity index (χ3n) is 5.05. The van der Waals surface area contributed by atoms with Gasteiger partial charge in [-0.2, -0.15) is 4.31 Å². The lowest BCUT2D eigenvalue weighted by atomic mass is 10.1. The number of piperidine rings is 1. The molecule has 0 atom stereocenters. The second kappa shape index (κ2) is 10.0. The van der Waals surface area contributed by atoms with Crippen molar-refractivity contribution in [3.63, 3.8) is 0 Å². The molecule has 0 saturated carbocycles. The third-order valence-corrected chi connectivity index (χ3v) is 7.77. The van der Waals surface area contributed by atoms with Gasteiger partial charge in [0, 0.05) is 19.5 Å². The fourth-order valence-electron chi connectivity index (χ4n) is 3.43. The highest BCUT2D eigenvalue weighted by molar-refractivity contribution is 7.89. The second-order valence-electron chi connectivity index (χ2n) is 7.09. The van der Waals surface area contributed by atoms with Crippen LogP contribution in [-0.4, -0.2) is 38.8 Å². The summed E-state index contributed by atoms with van der Waals surface area (Å²) in [6.07, 6.45) is 3.23. The highest BCUT2D eigenvalue weighted by atomic mass is 35.5. The third kappa shape index (κ3) is 5.27. The highest BCUT2D eigenvalue weighted by Gasteiger charge is 2.26. The number of carbonyl (C=O) groups is 1. The lowest BCUT2D eigenvalue weighted by Gasteiger charge is -2.26. The van der Waals surface area contributed by atoms with E-state index in [4.69, 9.17) is 27.9 Å². The first-order valence-electron chi connectivity index (χ1n) is 9.74. The van der Waals surface area contributed by atoms with Crippen molar-refractivity contribution in [2.75, 3.05) is 25.5 Å². The maximum Gasteiger partial charge on any atom is 0.243 e. The molecular formula is C21H24Cl2N2O4S. The molecule has 1 aliphatic heterocycles. The molecule has 0 spiro atoms. The minimum Gasteiger partial charge on any atom is -0.496 e. The number of nitrogens with zero attached hydrogens (tertiary/aromatic N) is 1. The molecule has 9 heteroatoms. The number of sulfonamides is 1. The highest BCUT2D eigenvalue weighted by Crippen LogP contribution is 2.30. The Labute approximate surface area is 187 Å². The number of aryl methyl sites for hydroxylation is 1. The maximum atomic E-state index is 13.0. The van der Waals surface area contributed by atoms with Crippen LogP contribution in [-0.2, 0) is 21.2 Å². The molecule has 6 nitrogen and oxygen atoms in total. The number of hydrogen-bond donors (Lipinski definition) is 1. The number of ether oxygens (including phenoxy) is 1. The molecule has 0 bridgehead atoms. The lowest BCUT2D eigenvalue weighted by molar-refractivity contribution is -0.116. The van der Waals surface area contributed by atoms with Gasteiger partial charge in [-0.3, -0.25) is 4.79 Å². The largest absolute Gasteiger partial charge is 0.496 e. The van der Waals surface area contributed by atoms with Crippen LogP contribution in [0.3, 0.4) is 0 Å². The predicted molar refractivity (Wildman–Crippen MR) is 119 cm³/mol. The maximum absolute atomic E-state index is 13.0. The van der Waals surface area contributed by atoms with E-state index in [-0.39, 0.29) is 22.2 Å². The van der Waals surface area contributed by atoms with E-state index in [2.05, 4.69) is 5.32 Å². The van der Waals surface area contributed by atoms with Gasteiger partial charge in [-0.05, 0) is 55.2 Å². The van der Waals surface area contributed by atoms with Gasteiger partial charge in [0.1, 0.15) is 5.75 Å². The summed E-state index contributed by atoms with van der Waals surface area (Å²) in [5, 5.41) is 3.36. The number of amides is 1. The van der Waals surface area contributed by atoms with Gasteiger partial charge in [-0.25, -0.2) is 8.42 Å². The minimum atomic E-state index is -3.56. The van der Waals surface area contributed by atoms with Gasteiger partial charge < -0.3 is 10.1 Å². The van der Waals surface area contributed by atoms with E-state index in [1.54, 1.807) is 36.4 Å². The van der Waals surface area contributed by atoms with E-state index >= 15 is 0 Å². The molecule has 0 radical (unpaired) electrons. The van der Waals surface area contributed by atoms with Crippen molar-refractivity contribution < 1.29 is 17.9 Å². The quantitative estimate of drug-likeness (QED) is 0.633. The molecule has 3 rings (SSSR count). The number of anilines is 1. The molecule has 162 valence electrons. The number of rotatable bonds is 7. The first kappa shape index (κ1) is 22.9. The van der Waals surface area contributed by atoms with Crippen molar-refractivity contribution >= 4 is 44.8 Å². The molecular weight excluding hydrogens is 447 g/mol. The van der Waals surface area contributed by atoms with Crippen molar-refractivity contribution in [2.24, 2.45) is 0 Å². The number of nitrogens with one attached hydrogen (secondary N) is 1. The van der Waals surface area contributed by atoms with Crippen LogP contribution in [0.5, 0.6) is 5.75 Å². The Morgan fingerprint density at radius 3 is 2.57 bits per heavy atom. The van der Waals surface area contributed by atoms with Crippen LogP contribution in [0.15, 0.2) is 41.3 Å². The molecule has 0 aliphatic carbocycles. The van der Waals surface area contributed by atoms with Gasteiger partial charge in [0.05, 0.1) is 27.7 Å². The zero-order valence-corrected chi connectivity index (χ0v) is 19.0. The van der Waals surface area contributed by atoms with Crippen molar-refractivity contribution in [2.45, 2.75) is 37.0 Å². The summed E-state index contributed by atoms with van der Waals surface area (Å²) in [6, 6.07) is 9.79. The number of hydrogen-bond acceptors (Lipinski definition) is 4. The monoisotopic (exact) mass is 470 g/mol. The standard InChI is InChI=1S/C21H24Cl2N2O4S/c1-29-19-10-9-16(30(27,28)25-12-3-2-4-13-25)14-15(19)8-11-20(26)24-18-7-5-6-17(22)21(18)23/h5-7,9-10,14H,2-4,8,11-13H2,1H3,(H,24,26). The summed E-state index contributed by atoms with van der Waals surface area (Å²) in [5.74, 6) is 0.284. The fraction of sp³-hybridized carbons (Fsp3) is 0.381. The van der Waals surface area contributed by atoms with Crippen LogP contribution < -0.4 is 10.1 Å². The molecule has 1 aliphatic rings.